The van der Waals surface area contributed by atoms with Crippen molar-refractivity contribution in [1.29, 1.82) is 5.26 Å². The first kappa shape index (κ1) is 30.6. The molecule has 0 fully saturated rings. The van der Waals surface area contributed by atoms with Crippen molar-refractivity contribution >= 4 is 34.1 Å². The zero-order chi connectivity index (χ0) is 30.9. The van der Waals surface area contributed by atoms with E-state index in [4.69, 9.17) is 19.2 Å². The van der Waals surface area contributed by atoms with Crippen molar-refractivity contribution in [3.63, 3.8) is 0 Å². The smallest absolute Gasteiger partial charge is 0.226 e. The number of carbonyl (C=O) groups is 1. The predicted octanol–water partition coefficient (Wildman–Crippen LogP) is 7.95. The van der Waals surface area contributed by atoms with Crippen molar-refractivity contribution in [3.05, 3.63) is 89.8 Å². The third-order valence-electron chi connectivity index (χ3n) is 6.64. The van der Waals surface area contributed by atoms with Gasteiger partial charge < -0.3 is 19.5 Å². The molecular weight excluding hydrogens is 593 g/mol. The van der Waals surface area contributed by atoms with Gasteiger partial charge in [0.05, 0.1) is 37.8 Å². The van der Waals surface area contributed by atoms with Gasteiger partial charge in [-0.2, -0.15) is 5.26 Å². The van der Waals surface area contributed by atoms with Gasteiger partial charge in [-0.25, -0.2) is 9.97 Å². The molecule has 0 aliphatic heterocycles. The second kappa shape index (κ2) is 14.6. The van der Waals surface area contributed by atoms with Crippen LogP contribution in [-0.2, 0) is 4.79 Å². The zero-order valence-electron chi connectivity index (χ0n) is 24.5. The summed E-state index contributed by atoms with van der Waals surface area (Å²) >= 11 is 2.73. The van der Waals surface area contributed by atoms with Crippen LogP contribution in [0.1, 0.15) is 18.9 Å². The minimum absolute atomic E-state index is 0.169. The maximum atomic E-state index is 12.9. The van der Waals surface area contributed by atoms with Crippen LogP contribution in [0.15, 0.2) is 89.3 Å². The van der Waals surface area contributed by atoms with E-state index in [0.29, 0.717) is 50.8 Å². The third-order valence-corrected chi connectivity index (χ3v) is 8.38. The SMILES string of the molecule is CCOc1ccc(-c2csc(NC(=O)CCSc3nc(-c4ccccc4)cc(-c4cc(OC)ccc4OC)c3C#N)n2)cc1. The molecule has 1 amide bonds. The van der Waals surface area contributed by atoms with E-state index < -0.39 is 0 Å². The summed E-state index contributed by atoms with van der Waals surface area (Å²) in [7, 11) is 3.19. The molecule has 44 heavy (non-hydrogen) atoms. The quantitative estimate of drug-likeness (QED) is 0.140. The van der Waals surface area contributed by atoms with E-state index in [0.717, 1.165) is 28.1 Å². The highest BCUT2D eigenvalue weighted by Gasteiger charge is 2.20. The Morgan fingerprint density at radius 2 is 1.66 bits per heavy atom. The summed E-state index contributed by atoms with van der Waals surface area (Å²) in [5.41, 5.74) is 5.14. The number of hydrogen-bond acceptors (Lipinski definition) is 9. The average molecular weight is 623 g/mol. The largest absolute Gasteiger partial charge is 0.497 e. The highest BCUT2D eigenvalue weighted by molar-refractivity contribution is 7.99. The fourth-order valence-electron chi connectivity index (χ4n) is 4.50. The highest BCUT2D eigenvalue weighted by atomic mass is 32.2. The van der Waals surface area contributed by atoms with Crippen molar-refractivity contribution in [1.82, 2.24) is 9.97 Å². The lowest BCUT2D eigenvalue weighted by Crippen LogP contribution is -2.12. The molecule has 0 spiro atoms. The molecule has 0 aliphatic rings. The van der Waals surface area contributed by atoms with Crippen LogP contribution in [0.25, 0.3) is 33.6 Å². The summed E-state index contributed by atoms with van der Waals surface area (Å²) in [6.45, 7) is 2.55. The number of rotatable bonds is 12. The Morgan fingerprint density at radius 3 is 2.36 bits per heavy atom. The molecule has 0 saturated heterocycles. The fourth-order valence-corrected chi connectivity index (χ4v) is 6.18. The standard InChI is InChI=1S/C34H30N4O4S2/c1-4-42-24-12-10-23(11-13-24)30-21-44-34(37-30)38-32(39)16-17-43-33-28(20-35)26(19-29(36-33)22-8-6-5-7-9-22)27-18-25(40-2)14-15-31(27)41-3/h5-15,18-19,21H,4,16-17H2,1-3H3,(H,37,38,39). The molecule has 0 radical (unpaired) electrons. The molecule has 10 heteroatoms. The van der Waals surface area contributed by atoms with Gasteiger partial charge in [-0.3, -0.25) is 4.79 Å². The van der Waals surface area contributed by atoms with Crippen LogP contribution >= 0.6 is 23.1 Å². The third kappa shape index (κ3) is 7.19. The number of hydrogen-bond donors (Lipinski definition) is 1. The Labute approximate surface area is 264 Å². The average Bonchev–Trinajstić information content (AvgIpc) is 3.53. The minimum atomic E-state index is -0.169. The van der Waals surface area contributed by atoms with Crippen molar-refractivity contribution in [2.75, 3.05) is 31.9 Å². The Hall–Kier alpha value is -4.85. The van der Waals surface area contributed by atoms with Gasteiger partial charge in [0.2, 0.25) is 5.91 Å². The maximum absolute atomic E-state index is 12.9. The van der Waals surface area contributed by atoms with Crippen LogP contribution < -0.4 is 19.5 Å². The lowest BCUT2D eigenvalue weighted by Gasteiger charge is -2.15. The van der Waals surface area contributed by atoms with Crippen LogP contribution in [0.5, 0.6) is 17.2 Å². The minimum Gasteiger partial charge on any atom is -0.497 e. The van der Waals surface area contributed by atoms with E-state index in [2.05, 4.69) is 16.4 Å². The lowest BCUT2D eigenvalue weighted by molar-refractivity contribution is -0.115. The molecule has 8 nitrogen and oxygen atoms in total. The molecule has 2 heterocycles. The maximum Gasteiger partial charge on any atom is 0.226 e. The second-order valence-electron chi connectivity index (χ2n) is 9.42. The summed E-state index contributed by atoms with van der Waals surface area (Å²) < 4.78 is 16.6. The van der Waals surface area contributed by atoms with Gasteiger partial charge in [-0.05, 0) is 55.5 Å². The van der Waals surface area contributed by atoms with Crippen LogP contribution in [0.2, 0.25) is 0 Å². The van der Waals surface area contributed by atoms with Crippen molar-refractivity contribution < 1.29 is 19.0 Å². The molecule has 0 bridgehead atoms. The molecule has 1 N–H and O–H groups in total. The van der Waals surface area contributed by atoms with Crippen LogP contribution in [0.4, 0.5) is 5.13 Å². The Bertz CT molecular complexity index is 1780. The lowest BCUT2D eigenvalue weighted by atomic mass is 9.98. The van der Waals surface area contributed by atoms with Crippen LogP contribution in [0, 0.1) is 11.3 Å². The van der Waals surface area contributed by atoms with Crippen LogP contribution in [0.3, 0.4) is 0 Å². The molecule has 5 rings (SSSR count). The van der Waals surface area contributed by atoms with E-state index in [1.54, 1.807) is 14.2 Å². The number of thioether (sulfide) groups is 1. The number of benzene rings is 3. The predicted molar refractivity (Wildman–Crippen MR) is 176 cm³/mol. The summed E-state index contributed by atoms with van der Waals surface area (Å²) in [5.74, 6) is 2.29. The first-order valence-corrected chi connectivity index (χ1v) is 15.7. The zero-order valence-corrected chi connectivity index (χ0v) is 26.1. The molecule has 3 aromatic carbocycles. The first-order valence-electron chi connectivity index (χ1n) is 13.9. The van der Waals surface area contributed by atoms with Gasteiger partial charge >= 0.3 is 0 Å². The molecule has 0 atom stereocenters. The molecule has 0 aliphatic carbocycles. The van der Waals surface area contributed by atoms with Crippen LogP contribution in [-0.4, -0.2) is 42.5 Å². The van der Waals surface area contributed by atoms with Crippen molar-refractivity contribution in [2.45, 2.75) is 18.4 Å². The molecule has 5 aromatic rings. The molecule has 0 saturated carbocycles. The molecule has 222 valence electrons. The number of nitrogens with zero attached hydrogens (tertiary/aromatic N) is 3. The number of methoxy groups -OCH3 is 2. The number of thiazole rings is 1. The van der Waals surface area contributed by atoms with E-state index in [1.807, 2.05) is 91.2 Å². The highest BCUT2D eigenvalue weighted by Crippen LogP contribution is 2.40. The fraction of sp³-hybridized carbons (Fsp3) is 0.176. The molecule has 2 aromatic heterocycles. The Balaban J connectivity index is 1.34. The van der Waals surface area contributed by atoms with E-state index in [1.165, 1.54) is 23.1 Å². The first-order chi connectivity index (χ1) is 21.5. The number of amides is 1. The topological polar surface area (TPSA) is 106 Å². The van der Waals surface area contributed by atoms with Gasteiger partial charge in [0.25, 0.3) is 0 Å². The molecular formula is C34H30N4O4S2. The van der Waals surface area contributed by atoms with E-state index >= 15 is 0 Å². The monoisotopic (exact) mass is 622 g/mol. The Morgan fingerprint density at radius 1 is 0.909 bits per heavy atom. The second-order valence-corrected chi connectivity index (χ2v) is 11.4. The van der Waals surface area contributed by atoms with Gasteiger partial charge in [0.15, 0.2) is 5.13 Å². The van der Waals surface area contributed by atoms with Gasteiger partial charge in [-0.15, -0.1) is 23.1 Å². The summed E-state index contributed by atoms with van der Waals surface area (Å²) in [6, 6.07) is 27.2. The van der Waals surface area contributed by atoms with Gasteiger partial charge in [-0.1, -0.05) is 30.3 Å². The number of aromatic nitrogens is 2. The number of anilines is 1. The van der Waals surface area contributed by atoms with E-state index in [-0.39, 0.29) is 12.3 Å². The number of pyridine rings is 1. The number of nitrogens with one attached hydrogen (secondary N) is 1. The van der Waals surface area contributed by atoms with E-state index in [9.17, 15) is 10.1 Å². The number of ether oxygens (including phenoxy) is 3. The normalized spacial score (nSPS) is 10.6. The Kier molecular flexibility index (Phi) is 10.1. The molecule has 0 unspecified atom stereocenters. The van der Waals surface area contributed by atoms with Crippen molar-refractivity contribution in [3.8, 4) is 57.0 Å². The summed E-state index contributed by atoms with van der Waals surface area (Å²) in [5, 5.41) is 16.2. The van der Waals surface area contributed by atoms with Gasteiger partial charge in [0.1, 0.15) is 28.3 Å². The van der Waals surface area contributed by atoms with Gasteiger partial charge in [0, 0.05) is 39.8 Å². The summed E-state index contributed by atoms with van der Waals surface area (Å²) in [4.78, 5) is 22.3. The number of carbonyl (C=O) groups excluding carboxylic acids is 1. The number of nitriles is 1. The summed E-state index contributed by atoms with van der Waals surface area (Å²) in [6.07, 6.45) is 0.211. The van der Waals surface area contributed by atoms with Crippen molar-refractivity contribution in [2.24, 2.45) is 0 Å².